The first-order valence-corrected chi connectivity index (χ1v) is 7.62. The molecule has 1 unspecified atom stereocenters. The van der Waals surface area contributed by atoms with Crippen LogP contribution >= 0.6 is 22.6 Å². The average Bonchev–Trinajstić information content (AvgIpc) is 2.90. The number of halogens is 1. The van der Waals surface area contributed by atoms with Gasteiger partial charge in [-0.2, -0.15) is 0 Å². The summed E-state index contributed by atoms with van der Waals surface area (Å²) >= 11 is 2.11. The van der Waals surface area contributed by atoms with Crippen molar-refractivity contribution in [3.05, 3.63) is 31.9 Å². The summed E-state index contributed by atoms with van der Waals surface area (Å²) in [6.45, 7) is 4.86. The predicted octanol–water partition coefficient (Wildman–Crippen LogP) is 2.78. The van der Waals surface area contributed by atoms with Crippen LogP contribution in [0.2, 0.25) is 0 Å². The molecule has 0 saturated carbocycles. The van der Waals surface area contributed by atoms with E-state index < -0.39 is 0 Å². The fourth-order valence-electron chi connectivity index (χ4n) is 2.53. The van der Waals surface area contributed by atoms with Crippen LogP contribution in [0.15, 0.2) is 18.2 Å². The molecule has 0 spiro atoms. The number of hydrogen-bond acceptors (Lipinski definition) is 4. The predicted molar refractivity (Wildman–Crippen MR) is 84.7 cm³/mol. The van der Waals surface area contributed by atoms with Crippen molar-refractivity contribution in [2.24, 2.45) is 0 Å². The number of anilines is 1. The summed E-state index contributed by atoms with van der Waals surface area (Å²) in [7, 11) is 0. The van der Waals surface area contributed by atoms with Gasteiger partial charge in [-0.25, -0.2) is 0 Å². The van der Waals surface area contributed by atoms with E-state index in [1.54, 1.807) is 6.07 Å². The van der Waals surface area contributed by atoms with E-state index >= 15 is 0 Å². The first kappa shape index (κ1) is 14.5. The molecule has 19 heavy (non-hydrogen) atoms. The quantitative estimate of drug-likeness (QED) is 0.489. The summed E-state index contributed by atoms with van der Waals surface area (Å²) in [5.41, 5.74) is 0.966. The van der Waals surface area contributed by atoms with Crippen LogP contribution in [-0.4, -0.2) is 30.6 Å². The molecule has 1 aromatic rings. The zero-order valence-corrected chi connectivity index (χ0v) is 13.1. The van der Waals surface area contributed by atoms with E-state index in [1.165, 1.54) is 0 Å². The molecular formula is C13H18IN3O2. The number of nitro groups is 1. The van der Waals surface area contributed by atoms with Crippen LogP contribution in [0.5, 0.6) is 0 Å². The van der Waals surface area contributed by atoms with Crippen molar-refractivity contribution in [1.29, 1.82) is 0 Å². The summed E-state index contributed by atoms with van der Waals surface area (Å²) < 4.78 is 0.897. The monoisotopic (exact) mass is 375 g/mol. The van der Waals surface area contributed by atoms with E-state index in [4.69, 9.17) is 0 Å². The number of nitrogens with one attached hydrogen (secondary N) is 1. The zero-order chi connectivity index (χ0) is 13.8. The van der Waals surface area contributed by atoms with Crippen LogP contribution in [0, 0.1) is 13.7 Å². The zero-order valence-electron chi connectivity index (χ0n) is 10.9. The highest BCUT2D eigenvalue weighted by Crippen LogP contribution is 2.32. The molecule has 1 aliphatic heterocycles. The largest absolute Gasteiger partial charge is 0.362 e. The Morgan fingerprint density at radius 2 is 2.37 bits per heavy atom. The van der Waals surface area contributed by atoms with E-state index in [0.29, 0.717) is 6.04 Å². The molecule has 1 saturated heterocycles. The lowest BCUT2D eigenvalue weighted by atomic mass is 10.1. The van der Waals surface area contributed by atoms with Gasteiger partial charge in [0.05, 0.1) is 4.92 Å². The lowest BCUT2D eigenvalue weighted by Crippen LogP contribution is -2.37. The molecule has 104 valence electrons. The number of rotatable bonds is 5. The van der Waals surface area contributed by atoms with E-state index in [2.05, 4.69) is 39.7 Å². The van der Waals surface area contributed by atoms with Gasteiger partial charge < -0.3 is 10.2 Å². The van der Waals surface area contributed by atoms with Gasteiger partial charge in [-0.3, -0.25) is 10.1 Å². The van der Waals surface area contributed by atoms with E-state index in [0.717, 1.165) is 41.7 Å². The maximum atomic E-state index is 11.3. The van der Waals surface area contributed by atoms with E-state index in [-0.39, 0.29) is 10.6 Å². The van der Waals surface area contributed by atoms with Crippen LogP contribution in [0.3, 0.4) is 0 Å². The third-order valence-electron chi connectivity index (χ3n) is 3.38. The fraction of sp³-hybridized carbons (Fsp3) is 0.538. The van der Waals surface area contributed by atoms with Gasteiger partial charge in [-0.15, -0.1) is 0 Å². The number of nitro benzene ring substituents is 1. The van der Waals surface area contributed by atoms with Crippen LogP contribution in [0.25, 0.3) is 0 Å². The van der Waals surface area contributed by atoms with Crippen molar-refractivity contribution in [1.82, 2.24) is 5.32 Å². The van der Waals surface area contributed by atoms with Crippen LogP contribution < -0.4 is 10.2 Å². The van der Waals surface area contributed by atoms with E-state index in [9.17, 15) is 10.1 Å². The summed E-state index contributed by atoms with van der Waals surface area (Å²) in [4.78, 5) is 13.2. The van der Waals surface area contributed by atoms with Crippen LogP contribution in [0.4, 0.5) is 11.4 Å². The molecule has 1 fully saturated rings. The normalized spacial score (nSPS) is 18.5. The molecule has 1 aliphatic rings. The molecule has 5 nitrogen and oxygen atoms in total. The van der Waals surface area contributed by atoms with Crippen molar-refractivity contribution in [3.63, 3.8) is 0 Å². The molecule has 0 amide bonds. The summed E-state index contributed by atoms with van der Waals surface area (Å²) in [5, 5.41) is 14.6. The summed E-state index contributed by atoms with van der Waals surface area (Å²) in [6, 6.07) is 5.83. The summed E-state index contributed by atoms with van der Waals surface area (Å²) in [5.74, 6) is 0. The minimum absolute atomic E-state index is 0.215. The first-order valence-electron chi connectivity index (χ1n) is 6.54. The third-order valence-corrected chi connectivity index (χ3v) is 4.05. The molecule has 1 atom stereocenters. The first-order chi connectivity index (χ1) is 9.13. The Balaban J connectivity index is 2.37. The average molecular weight is 375 g/mol. The maximum absolute atomic E-state index is 11.3. The second-order valence-electron chi connectivity index (χ2n) is 4.73. The van der Waals surface area contributed by atoms with Crippen LogP contribution in [-0.2, 0) is 0 Å². The van der Waals surface area contributed by atoms with Gasteiger partial charge in [0.25, 0.3) is 5.69 Å². The van der Waals surface area contributed by atoms with E-state index in [1.807, 2.05) is 12.1 Å². The highest BCUT2D eigenvalue weighted by molar-refractivity contribution is 14.1. The van der Waals surface area contributed by atoms with Gasteiger partial charge in [0.15, 0.2) is 0 Å². The number of hydrogen-bond donors (Lipinski definition) is 1. The second kappa shape index (κ2) is 6.51. The second-order valence-corrected chi connectivity index (χ2v) is 5.98. The molecule has 0 bridgehead atoms. The van der Waals surface area contributed by atoms with Crippen molar-refractivity contribution in [2.45, 2.75) is 25.8 Å². The van der Waals surface area contributed by atoms with Gasteiger partial charge in [0.1, 0.15) is 5.69 Å². The van der Waals surface area contributed by atoms with Gasteiger partial charge in [0.2, 0.25) is 0 Å². The highest BCUT2D eigenvalue weighted by atomic mass is 127. The fourth-order valence-corrected chi connectivity index (χ4v) is 3.01. The van der Waals surface area contributed by atoms with Gasteiger partial charge in [-0.1, -0.05) is 6.92 Å². The maximum Gasteiger partial charge on any atom is 0.293 e. The lowest BCUT2D eigenvalue weighted by molar-refractivity contribution is -0.384. The van der Waals surface area contributed by atoms with Crippen molar-refractivity contribution >= 4 is 34.0 Å². The Kier molecular flexibility index (Phi) is 4.98. The Bertz CT molecular complexity index is 461. The Labute approximate surface area is 126 Å². The molecule has 1 N–H and O–H groups in total. The minimum atomic E-state index is -0.275. The molecule has 1 heterocycles. The summed E-state index contributed by atoms with van der Waals surface area (Å²) in [6.07, 6.45) is 2.03. The lowest BCUT2D eigenvalue weighted by Gasteiger charge is -2.30. The van der Waals surface area contributed by atoms with Crippen molar-refractivity contribution < 1.29 is 4.92 Å². The Hall–Kier alpha value is -0.890. The third kappa shape index (κ3) is 3.36. The molecule has 0 radical (unpaired) electrons. The highest BCUT2D eigenvalue weighted by Gasteiger charge is 2.27. The van der Waals surface area contributed by atoms with Crippen LogP contribution in [0.1, 0.15) is 19.8 Å². The number of nitrogens with zero attached hydrogens (tertiary/aromatic N) is 2. The van der Waals surface area contributed by atoms with Crippen molar-refractivity contribution in [3.8, 4) is 0 Å². The molecule has 6 heteroatoms. The number of benzene rings is 1. The Morgan fingerprint density at radius 3 is 2.95 bits per heavy atom. The topological polar surface area (TPSA) is 58.4 Å². The molecule has 2 rings (SSSR count). The standard InChI is InChI=1S/C13H18IN3O2/c1-2-7-16(11-5-6-15-9-11)12-4-3-10(14)8-13(12)17(18)19/h3-4,8,11,15H,2,5-7,9H2,1H3. The molecule has 1 aromatic carbocycles. The van der Waals surface area contributed by atoms with Gasteiger partial charge in [0, 0.05) is 28.8 Å². The van der Waals surface area contributed by atoms with Gasteiger partial charge >= 0.3 is 0 Å². The smallest absolute Gasteiger partial charge is 0.293 e. The molecular weight excluding hydrogens is 357 g/mol. The minimum Gasteiger partial charge on any atom is -0.362 e. The molecule has 0 aromatic heterocycles. The SMILES string of the molecule is CCCN(c1ccc(I)cc1[N+](=O)[O-])C1CCNC1. The Morgan fingerprint density at radius 1 is 1.58 bits per heavy atom. The van der Waals surface area contributed by atoms with Gasteiger partial charge in [-0.05, 0) is 54.1 Å². The van der Waals surface area contributed by atoms with Crippen molar-refractivity contribution in [2.75, 3.05) is 24.5 Å². The molecule has 0 aliphatic carbocycles.